The van der Waals surface area contributed by atoms with Gasteiger partial charge in [0.05, 0.1) is 20.8 Å². The minimum absolute atomic E-state index is 0.331. The average molecular weight is 412 g/mol. The summed E-state index contributed by atoms with van der Waals surface area (Å²) in [6, 6.07) is 12.1. The van der Waals surface area contributed by atoms with Gasteiger partial charge in [-0.3, -0.25) is 20.4 Å². The Balaban J connectivity index is 1.93. The quantitative estimate of drug-likeness (QED) is 0.485. The molecule has 0 saturated carbocycles. The van der Waals surface area contributed by atoms with Gasteiger partial charge in [0.15, 0.2) is 11.5 Å². The van der Waals surface area contributed by atoms with Gasteiger partial charge in [-0.15, -0.1) is 0 Å². The molecule has 0 saturated heterocycles. The van der Waals surface area contributed by atoms with Crippen LogP contribution in [0.2, 0.25) is 0 Å². The number of methoxy groups -OCH3 is 2. The van der Waals surface area contributed by atoms with Crippen LogP contribution in [0.15, 0.2) is 48.5 Å². The van der Waals surface area contributed by atoms with E-state index in [0.717, 1.165) is 12.0 Å². The molecule has 2 rings (SSSR count). The summed E-state index contributed by atoms with van der Waals surface area (Å²) in [5.41, 5.74) is 5.80. The number of ether oxygens (including phenoxy) is 3. The molecule has 0 atom stereocenters. The molecule has 2 N–H and O–H groups in total. The van der Waals surface area contributed by atoms with Crippen molar-refractivity contribution in [1.29, 1.82) is 0 Å². The maximum atomic E-state index is 12.3. The van der Waals surface area contributed by atoms with Gasteiger partial charge in [0, 0.05) is 17.2 Å². The van der Waals surface area contributed by atoms with Gasteiger partial charge >= 0.3 is 0 Å². The fourth-order valence-electron chi connectivity index (χ4n) is 2.53. The zero-order valence-electron chi connectivity index (χ0n) is 17.7. The number of hydrogen-bond donors (Lipinski definition) is 2. The molecule has 0 spiro atoms. The largest absolute Gasteiger partial charge is 0.496 e. The summed E-state index contributed by atoms with van der Waals surface area (Å²) in [5.74, 6) is 1.25. The Morgan fingerprint density at radius 2 is 1.70 bits per heavy atom. The topological polar surface area (TPSA) is 85.9 Å². The number of amides is 2. The van der Waals surface area contributed by atoms with Crippen molar-refractivity contribution in [2.24, 2.45) is 5.92 Å². The number of para-hydroxylation sites is 1. The molecular weight excluding hydrogens is 384 g/mol. The molecule has 2 amide bonds. The van der Waals surface area contributed by atoms with Crippen LogP contribution >= 0.6 is 0 Å². The lowest BCUT2D eigenvalue weighted by atomic mass is 10.1. The summed E-state index contributed by atoms with van der Waals surface area (Å²) >= 11 is 0. The summed E-state index contributed by atoms with van der Waals surface area (Å²) < 4.78 is 16.3. The van der Waals surface area contributed by atoms with Crippen molar-refractivity contribution in [2.45, 2.75) is 20.3 Å². The number of benzene rings is 2. The molecule has 0 unspecified atom stereocenters. The van der Waals surface area contributed by atoms with Crippen molar-refractivity contribution < 1.29 is 23.8 Å². The Kier molecular flexibility index (Phi) is 8.75. The van der Waals surface area contributed by atoms with Crippen molar-refractivity contribution in [3.05, 3.63) is 59.7 Å². The number of carbonyl (C=O) groups excluding carboxylic acids is 2. The highest BCUT2D eigenvalue weighted by Crippen LogP contribution is 2.28. The monoisotopic (exact) mass is 412 g/mol. The molecule has 0 fully saturated rings. The maximum Gasteiger partial charge on any atom is 0.269 e. The predicted molar refractivity (Wildman–Crippen MR) is 116 cm³/mol. The van der Waals surface area contributed by atoms with Crippen LogP contribution < -0.4 is 25.1 Å². The first-order valence-electron chi connectivity index (χ1n) is 9.66. The van der Waals surface area contributed by atoms with E-state index in [4.69, 9.17) is 14.2 Å². The fourth-order valence-corrected chi connectivity index (χ4v) is 2.53. The second-order valence-corrected chi connectivity index (χ2v) is 6.92. The van der Waals surface area contributed by atoms with Gasteiger partial charge in [-0.1, -0.05) is 32.0 Å². The lowest BCUT2D eigenvalue weighted by Gasteiger charge is -2.13. The molecule has 0 aromatic heterocycles. The van der Waals surface area contributed by atoms with Crippen LogP contribution in [-0.2, 0) is 4.79 Å². The van der Waals surface area contributed by atoms with Gasteiger partial charge in [-0.2, -0.15) is 0 Å². The van der Waals surface area contributed by atoms with E-state index >= 15 is 0 Å². The second kappa shape index (κ2) is 11.5. The van der Waals surface area contributed by atoms with E-state index in [1.165, 1.54) is 13.2 Å². The van der Waals surface area contributed by atoms with Gasteiger partial charge < -0.3 is 14.2 Å². The number of hydrogen-bond acceptors (Lipinski definition) is 5. The van der Waals surface area contributed by atoms with E-state index in [1.807, 2.05) is 18.2 Å². The Morgan fingerprint density at radius 1 is 0.967 bits per heavy atom. The molecule has 0 aliphatic heterocycles. The summed E-state index contributed by atoms with van der Waals surface area (Å²) in [6.07, 6.45) is 3.83. The average Bonchev–Trinajstić information content (AvgIpc) is 2.76. The first kappa shape index (κ1) is 22.8. The van der Waals surface area contributed by atoms with Gasteiger partial charge in [-0.05, 0) is 42.7 Å². The van der Waals surface area contributed by atoms with Crippen molar-refractivity contribution in [3.8, 4) is 17.2 Å². The van der Waals surface area contributed by atoms with Crippen molar-refractivity contribution in [1.82, 2.24) is 10.9 Å². The van der Waals surface area contributed by atoms with Crippen LogP contribution in [0.5, 0.6) is 17.2 Å². The lowest BCUT2D eigenvalue weighted by molar-refractivity contribution is -0.117. The third-order valence-electron chi connectivity index (χ3n) is 4.23. The Labute approximate surface area is 177 Å². The molecule has 0 aliphatic carbocycles. The van der Waals surface area contributed by atoms with Crippen molar-refractivity contribution in [2.75, 3.05) is 20.8 Å². The zero-order chi connectivity index (χ0) is 21.9. The van der Waals surface area contributed by atoms with E-state index in [1.54, 1.807) is 37.5 Å². The minimum atomic E-state index is -0.477. The van der Waals surface area contributed by atoms with Crippen LogP contribution in [-0.4, -0.2) is 32.6 Å². The van der Waals surface area contributed by atoms with Crippen LogP contribution in [0.25, 0.3) is 6.08 Å². The first-order chi connectivity index (χ1) is 14.4. The first-order valence-corrected chi connectivity index (χ1v) is 9.66. The second-order valence-electron chi connectivity index (χ2n) is 6.92. The van der Waals surface area contributed by atoms with Gasteiger partial charge in [0.25, 0.3) is 11.8 Å². The highest BCUT2D eigenvalue weighted by molar-refractivity contribution is 5.98. The number of hydrazine groups is 1. The zero-order valence-corrected chi connectivity index (χ0v) is 17.7. The van der Waals surface area contributed by atoms with E-state index in [9.17, 15) is 9.59 Å². The summed E-state index contributed by atoms with van der Waals surface area (Å²) in [7, 11) is 3.07. The minimum Gasteiger partial charge on any atom is -0.496 e. The Bertz CT molecular complexity index is 893. The molecule has 160 valence electrons. The van der Waals surface area contributed by atoms with Crippen LogP contribution in [0.4, 0.5) is 0 Å². The molecule has 7 heteroatoms. The molecule has 0 aliphatic rings. The van der Waals surface area contributed by atoms with E-state index in [-0.39, 0.29) is 0 Å². The van der Waals surface area contributed by atoms with Gasteiger partial charge in [-0.25, -0.2) is 0 Å². The summed E-state index contributed by atoms with van der Waals surface area (Å²) in [4.78, 5) is 24.3. The van der Waals surface area contributed by atoms with Crippen LogP contribution in [0.3, 0.4) is 0 Å². The third kappa shape index (κ3) is 6.84. The van der Waals surface area contributed by atoms with Gasteiger partial charge in [0.1, 0.15) is 5.75 Å². The molecule has 7 nitrogen and oxygen atoms in total. The lowest BCUT2D eigenvalue weighted by Crippen LogP contribution is -2.40. The number of carbonyl (C=O) groups is 2. The highest BCUT2D eigenvalue weighted by atomic mass is 16.5. The van der Waals surface area contributed by atoms with Crippen molar-refractivity contribution >= 4 is 17.9 Å². The van der Waals surface area contributed by atoms with E-state index < -0.39 is 11.8 Å². The summed E-state index contributed by atoms with van der Waals surface area (Å²) in [6.45, 7) is 4.80. The Hall–Kier alpha value is -3.48. The maximum absolute atomic E-state index is 12.3. The van der Waals surface area contributed by atoms with Gasteiger partial charge in [0.2, 0.25) is 0 Å². The van der Waals surface area contributed by atoms with Crippen LogP contribution in [0.1, 0.15) is 36.2 Å². The van der Waals surface area contributed by atoms with Crippen LogP contribution in [0, 0.1) is 5.92 Å². The standard InChI is InChI=1S/C23H28N2O5/c1-16(2)13-14-30-20-11-9-18(15-21(20)29-4)23(27)25-24-22(26)12-10-17-7-5-6-8-19(17)28-3/h5-12,15-16H,13-14H2,1-4H3,(H,24,26)(H,25,27)/b12-10+. The number of nitrogens with one attached hydrogen (secondary N) is 2. The molecule has 2 aromatic carbocycles. The molecule has 0 bridgehead atoms. The predicted octanol–water partition coefficient (Wildman–Crippen LogP) is 3.60. The third-order valence-corrected chi connectivity index (χ3v) is 4.23. The SMILES string of the molecule is COc1ccccc1/C=C/C(=O)NNC(=O)c1ccc(OCCC(C)C)c(OC)c1. The molecule has 0 radical (unpaired) electrons. The molecule has 2 aromatic rings. The fraction of sp³-hybridized carbons (Fsp3) is 0.304. The molecular formula is C23H28N2O5. The van der Waals surface area contributed by atoms with E-state index in [0.29, 0.717) is 35.3 Å². The molecule has 0 heterocycles. The summed E-state index contributed by atoms with van der Waals surface area (Å²) in [5, 5.41) is 0. The normalized spacial score (nSPS) is 10.7. The van der Waals surface area contributed by atoms with Crippen molar-refractivity contribution in [3.63, 3.8) is 0 Å². The van der Waals surface area contributed by atoms with E-state index in [2.05, 4.69) is 24.7 Å². The smallest absolute Gasteiger partial charge is 0.269 e. The highest BCUT2D eigenvalue weighted by Gasteiger charge is 2.12. The Morgan fingerprint density at radius 3 is 2.40 bits per heavy atom. The number of rotatable bonds is 9. The molecule has 30 heavy (non-hydrogen) atoms.